The van der Waals surface area contributed by atoms with Crippen LogP contribution in [0.5, 0.6) is 0 Å². The van der Waals surface area contributed by atoms with Crippen molar-refractivity contribution in [1.82, 2.24) is 10.2 Å². The molecule has 2 aromatic carbocycles. The number of rotatable bonds is 5. The molecule has 2 aromatic rings. The fourth-order valence-electron chi connectivity index (χ4n) is 3.35. The van der Waals surface area contributed by atoms with E-state index in [-0.39, 0.29) is 11.9 Å². The number of nitrogens with zero attached hydrogens (tertiary/aromatic N) is 2. The van der Waals surface area contributed by atoms with Crippen LogP contribution in [-0.4, -0.2) is 58.3 Å². The Labute approximate surface area is 167 Å². The molecule has 6 nitrogen and oxygen atoms in total. The lowest BCUT2D eigenvalue weighted by atomic mass is 10.0. The average Bonchev–Trinajstić information content (AvgIpc) is 2.72. The summed E-state index contributed by atoms with van der Waals surface area (Å²) in [6, 6.07) is 16.7. The minimum absolute atomic E-state index is 0.0155. The van der Waals surface area contributed by atoms with Crippen molar-refractivity contribution >= 4 is 15.8 Å². The Kier molecular flexibility index (Phi) is 6.70. The highest BCUT2D eigenvalue weighted by Gasteiger charge is 2.25. The molecule has 1 atom stereocenters. The van der Waals surface area contributed by atoms with Gasteiger partial charge in [0.25, 0.3) is 0 Å². The largest absolute Gasteiger partial charge is 0.370 e. The Morgan fingerprint density at radius 2 is 1.89 bits per heavy atom. The summed E-state index contributed by atoms with van der Waals surface area (Å²) in [5.74, 6) is 0.715. The first kappa shape index (κ1) is 20.4. The van der Waals surface area contributed by atoms with E-state index in [1.807, 2.05) is 18.2 Å². The SMILES string of the molecule is CN=C(NCCS(=O)(=O)c1ccccc1)N1CCOC(c2ccccc2C)C1. The van der Waals surface area contributed by atoms with Crippen LogP contribution in [0.25, 0.3) is 0 Å². The summed E-state index contributed by atoms with van der Waals surface area (Å²) in [5.41, 5.74) is 2.38. The number of nitrogens with one attached hydrogen (secondary N) is 1. The smallest absolute Gasteiger partial charge is 0.193 e. The second-order valence-corrected chi connectivity index (χ2v) is 8.88. The van der Waals surface area contributed by atoms with Gasteiger partial charge in [-0.25, -0.2) is 8.42 Å². The molecule has 28 heavy (non-hydrogen) atoms. The number of hydrogen-bond donors (Lipinski definition) is 1. The van der Waals surface area contributed by atoms with Crippen LogP contribution in [0, 0.1) is 6.92 Å². The van der Waals surface area contributed by atoms with E-state index in [0.717, 1.165) is 0 Å². The molecule has 0 spiro atoms. The molecule has 0 aromatic heterocycles. The molecule has 1 aliphatic rings. The van der Waals surface area contributed by atoms with E-state index < -0.39 is 9.84 Å². The number of aryl methyl sites for hydroxylation is 1. The van der Waals surface area contributed by atoms with Crippen LogP contribution in [0.4, 0.5) is 0 Å². The fourth-order valence-corrected chi connectivity index (χ4v) is 4.53. The molecule has 0 radical (unpaired) electrons. The minimum atomic E-state index is -3.31. The molecule has 1 aliphatic heterocycles. The van der Waals surface area contributed by atoms with Crippen LogP contribution in [0.3, 0.4) is 0 Å². The molecule has 7 heteroatoms. The van der Waals surface area contributed by atoms with Gasteiger partial charge in [-0.15, -0.1) is 0 Å². The maximum atomic E-state index is 12.4. The molecular weight excluding hydrogens is 374 g/mol. The van der Waals surface area contributed by atoms with Crippen molar-refractivity contribution in [3.8, 4) is 0 Å². The van der Waals surface area contributed by atoms with Gasteiger partial charge in [-0.3, -0.25) is 4.99 Å². The topological polar surface area (TPSA) is 71.0 Å². The molecule has 1 heterocycles. The summed E-state index contributed by atoms with van der Waals surface area (Å²) in [6.07, 6.45) is -0.0263. The van der Waals surface area contributed by atoms with Crippen molar-refractivity contribution in [2.75, 3.05) is 39.0 Å². The molecule has 3 rings (SSSR count). The lowest BCUT2D eigenvalue weighted by Crippen LogP contribution is -2.49. The summed E-state index contributed by atoms with van der Waals surface area (Å²) in [6.45, 7) is 4.38. The van der Waals surface area contributed by atoms with Gasteiger partial charge in [0.15, 0.2) is 15.8 Å². The number of benzene rings is 2. The maximum absolute atomic E-state index is 12.4. The van der Waals surface area contributed by atoms with Crippen molar-refractivity contribution in [2.45, 2.75) is 17.9 Å². The first-order valence-corrected chi connectivity index (χ1v) is 11.1. The number of morpholine rings is 1. The Morgan fingerprint density at radius 3 is 2.61 bits per heavy atom. The summed E-state index contributed by atoms with van der Waals surface area (Å²) in [7, 11) is -1.60. The van der Waals surface area contributed by atoms with E-state index in [1.165, 1.54) is 11.1 Å². The number of aliphatic imine (C=N–C) groups is 1. The fraction of sp³-hybridized carbons (Fsp3) is 0.381. The second kappa shape index (κ2) is 9.21. The van der Waals surface area contributed by atoms with Gasteiger partial charge in [-0.05, 0) is 30.2 Å². The van der Waals surface area contributed by atoms with Crippen LogP contribution in [0.1, 0.15) is 17.2 Å². The lowest BCUT2D eigenvalue weighted by molar-refractivity contribution is -0.00827. The third-order valence-corrected chi connectivity index (χ3v) is 6.60. The first-order chi connectivity index (χ1) is 13.5. The molecule has 0 aliphatic carbocycles. The van der Waals surface area contributed by atoms with E-state index in [2.05, 4.69) is 34.3 Å². The van der Waals surface area contributed by atoms with Crippen LogP contribution in [0.2, 0.25) is 0 Å². The molecule has 1 N–H and O–H groups in total. The summed E-state index contributed by atoms with van der Waals surface area (Å²) >= 11 is 0. The van der Waals surface area contributed by atoms with Gasteiger partial charge in [-0.2, -0.15) is 0 Å². The monoisotopic (exact) mass is 401 g/mol. The van der Waals surface area contributed by atoms with Gasteiger partial charge in [0, 0.05) is 20.1 Å². The number of ether oxygens (including phenoxy) is 1. The van der Waals surface area contributed by atoms with Crippen molar-refractivity contribution in [3.63, 3.8) is 0 Å². The number of hydrogen-bond acceptors (Lipinski definition) is 4. The van der Waals surface area contributed by atoms with E-state index in [1.54, 1.807) is 31.3 Å². The van der Waals surface area contributed by atoms with Crippen LogP contribution in [-0.2, 0) is 14.6 Å². The maximum Gasteiger partial charge on any atom is 0.193 e. The molecule has 1 saturated heterocycles. The van der Waals surface area contributed by atoms with Gasteiger partial charge in [0.05, 0.1) is 23.8 Å². The van der Waals surface area contributed by atoms with Gasteiger partial charge in [0.2, 0.25) is 0 Å². The normalized spacial score (nSPS) is 18.1. The first-order valence-electron chi connectivity index (χ1n) is 9.42. The summed E-state index contributed by atoms with van der Waals surface area (Å²) in [4.78, 5) is 6.80. The predicted octanol–water partition coefficient (Wildman–Crippen LogP) is 2.42. The third kappa shape index (κ3) is 4.91. The molecule has 1 fully saturated rings. The number of guanidine groups is 1. The molecule has 150 valence electrons. The summed E-state index contributed by atoms with van der Waals surface area (Å²) < 4.78 is 30.8. The zero-order valence-electron chi connectivity index (χ0n) is 16.3. The third-order valence-electron chi connectivity index (χ3n) is 4.87. The Morgan fingerprint density at radius 1 is 1.18 bits per heavy atom. The van der Waals surface area contributed by atoms with Gasteiger partial charge in [0.1, 0.15) is 6.10 Å². The highest BCUT2D eigenvalue weighted by Crippen LogP contribution is 2.24. The Bertz CT molecular complexity index is 914. The van der Waals surface area contributed by atoms with E-state index in [9.17, 15) is 8.42 Å². The van der Waals surface area contributed by atoms with Crippen molar-refractivity contribution in [3.05, 3.63) is 65.7 Å². The highest BCUT2D eigenvalue weighted by molar-refractivity contribution is 7.91. The number of sulfone groups is 1. The minimum Gasteiger partial charge on any atom is -0.370 e. The molecule has 0 bridgehead atoms. The van der Waals surface area contributed by atoms with Gasteiger partial charge in [-0.1, -0.05) is 42.5 Å². The standard InChI is InChI=1S/C21H27N3O3S/c1-17-8-6-7-11-19(17)20-16-24(13-14-27-20)21(22-2)23-12-15-28(25,26)18-9-4-3-5-10-18/h3-11,20H,12-16H2,1-2H3,(H,22,23). The van der Waals surface area contributed by atoms with Crippen molar-refractivity contribution < 1.29 is 13.2 Å². The zero-order chi connectivity index (χ0) is 20.0. The molecule has 1 unspecified atom stereocenters. The molecular formula is C21H27N3O3S. The van der Waals surface area contributed by atoms with E-state index in [0.29, 0.717) is 37.1 Å². The average molecular weight is 402 g/mol. The van der Waals surface area contributed by atoms with Crippen molar-refractivity contribution in [2.24, 2.45) is 4.99 Å². The van der Waals surface area contributed by atoms with Gasteiger partial charge >= 0.3 is 0 Å². The molecule has 0 amide bonds. The predicted molar refractivity (Wildman–Crippen MR) is 111 cm³/mol. The zero-order valence-corrected chi connectivity index (χ0v) is 17.2. The van der Waals surface area contributed by atoms with Crippen LogP contribution >= 0.6 is 0 Å². The van der Waals surface area contributed by atoms with Gasteiger partial charge < -0.3 is 15.0 Å². The van der Waals surface area contributed by atoms with E-state index >= 15 is 0 Å². The van der Waals surface area contributed by atoms with Crippen molar-refractivity contribution in [1.29, 1.82) is 0 Å². The second-order valence-electron chi connectivity index (χ2n) is 6.77. The van der Waals surface area contributed by atoms with Crippen LogP contribution < -0.4 is 5.32 Å². The summed E-state index contributed by atoms with van der Waals surface area (Å²) in [5, 5.41) is 3.19. The quantitative estimate of drug-likeness (QED) is 0.615. The van der Waals surface area contributed by atoms with E-state index in [4.69, 9.17) is 4.74 Å². The Hall–Kier alpha value is -2.38. The lowest BCUT2D eigenvalue weighted by Gasteiger charge is -2.35. The van der Waals surface area contributed by atoms with Crippen LogP contribution in [0.15, 0.2) is 64.5 Å². The Balaban J connectivity index is 1.60. The molecule has 0 saturated carbocycles. The highest BCUT2D eigenvalue weighted by atomic mass is 32.2.